The van der Waals surface area contributed by atoms with Crippen molar-refractivity contribution in [3.05, 3.63) is 58.4 Å². The van der Waals surface area contributed by atoms with E-state index in [1.165, 1.54) is 6.07 Å². The van der Waals surface area contributed by atoms with Gasteiger partial charge in [0.15, 0.2) is 6.61 Å². The minimum absolute atomic E-state index is 0.327. The molecule has 3 aromatic rings. The predicted octanol–water partition coefficient (Wildman–Crippen LogP) is 0.138. The van der Waals surface area contributed by atoms with Crippen LogP contribution in [0.4, 0.5) is 0 Å². The number of benzene rings is 2. The normalized spacial score (nSPS) is 10.5. The molecule has 0 fully saturated rings. The van der Waals surface area contributed by atoms with Crippen LogP contribution in [0.15, 0.2) is 51.7 Å². The highest BCUT2D eigenvalue weighted by Gasteiger charge is 2.14. The first-order valence-corrected chi connectivity index (χ1v) is 9.86. The molecule has 172 valence electrons. The second-order valence-corrected chi connectivity index (χ2v) is 6.99. The van der Waals surface area contributed by atoms with Crippen LogP contribution in [-0.2, 0) is 14.4 Å². The van der Waals surface area contributed by atoms with Crippen molar-refractivity contribution >= 4 is 28.8 Å². The molecule has 0 unspecified atom stereocenters. The highest BCUT2D eigenvalue weighted by Crippen LogP contribution is 2.33. The third kappa shape index (κ3) is 5.88. The van der Waals surface area contributed by atoms with Crippen molar-refractivity contribution in [1.29, 1.82) is 0 Å². The van der Waals surface area contributed by atoms with E-state index in [4.69, 9.17) is 13.9 Å². The molecule has 0 saturated heterocycles. The molecule has 10 heteroatoms. The Kier molecular flexibility index (Phi) is 7.29. The Morgan fingerprint density at radius 1 is 1.00 bits per heavy atom. The number of nitrogens with one attached hydrogen (secondary N) is 2. The minimum Gasteiger partial charge on any atom is -0.548 e. The first-order valence-electron chi connectivity index (χ1n) is 9.86. The highest BCUT2D eigenvalue weighted by atomic mass is 16.5. The number of carbonyl (C=O) groups excluding carboxylic acids is 3. The van der Waals surface area contributed by atoms with Crippen molar-refractivity contribution in [3.63, 3.8) is 0 Å². The van der Waals surface area contributed by atoms with Crippen LogP contribution in [0.2, 0.25) is 0 Å². The third-order valence-corrected chi connectivity index (χ3v) is 4.75. The van der Waals surface area contributed by atoms with E-state index in [1.807, 2.05) is 12.1 Å². The summed E-state index contributed by atoms with van der Waals surface area (Å²) in [6, 6.07) is 12.0. The number of methoxy groups -OCH3 is 1. The van der Waals surface area contributed by atoms with Crippen molar-refractivity contribution in [3.8, 4) is 22.6 Å². The molecular weight excluding hydrogens is 432 g/mol. The molecule has 0 bridgehead atoms. The van der Waals surface area contributed by atoms with Gasteiger partial charge in [0.25, 0.3) is 5.91 Å². The summed E-state index contributed by atoms with van der Waals surface area (Å²) in [5, 5.41) is 15.4. The maximum Gasteiger partial charge on any atom is 0.336 e. The fraction of sp³-hybridized carbons (Fsp3) is 0.217. The molecule has 0 saturated carbocycles. The molecule has 0 aliphatic rings. The maximum atomic E-state index is 12.2. The number of carbonyl (C=O) groups is 3. The van der Waals surface area contributed by atoms with Crippen molar-refractivity contribution in [2.24, 2.45) is 0 Å². The third-order valence-electron chi connectivity index (χ3n) is 4.75. The fourth-order valence-corrected chi connectivity index (χ4v) is 3.12. The van der Waals surface area contributed by atoms with Crippen molar-refractivity contribution in [2.45, 2.75) is 6.92 Å². The van der Waals surface area contributed by atoms with E-state index in [-0.39, 0.29) is 0 Å². The largest absolute Gasteiger partial charge is 0.548 e. The molecule has 0 spiro atoms. The molecule has 0 aliphatic heterocycles. The number of carboxylic acid groups (broad SMARTS) is 1. The number of hydrogen-bond acceptors (Lipinski definition) is 8. The molecule has 10 nitrogen and oxygen atoms in total. The Labute approximate surface area is 188 Å². The minimum atomic E-state index is -1.44. The van der Waals surface area contributed by atoms with Crippen molar-refractivity contribution in [2.75, 3.05) is 26.8 Å². The second kappa shape index (κ2) is 10.3. The SMILES string of the molecule is COc1ccc(-c2cc(=O)oc3c(C)c(OCC(=O)NCC(=O)NCC(=O)[O-])ccc23)cc1. The molecular formula is C23H21N2O8-. The number of rotatable bonds is 9. The molecule has 33 heavy (non-hydrogen) atoms. The van der Waals surface area contributed by atoms with Gasteiger partial charge in [-0.1, -0.05) is 12.1 Å². The Bertz CT molecular complexity index is 1250. The summed E-state index contributed by atoms with van der Waals surface area (Å²) < 4.78 is 16.1. The van der Waals surface area contributed by atoms with E-state index in [1.54, 1.807) is 38.3 Å². The van der Waals surface area contributed by atoms with Gasteiger partial charge in [-0.2, -0.15) is 0 Å². The molecule has 2 N–H and O–H groups in total. The molecule has 1 aromatic heterocycles. The molecule has 2 amide bonds. The van der Waals surface area contributed by atoms with Crippen LogP contribution >= 0.6 is 0 Å². The van der Waals surface area contributed by atoms with E-state index in [2.05, 4.69) is 10.6 Å². The van der Waals surface area contributed by atoms with Gasteiger partial charge in [-0.3, -0.25) is 9.59 Å². The molecule has 0 atom stereocenters. The lowest BCUT2D eigenvalue weighted by atomic mass is 10.00. The zero-order chi connectivity index (χ0) is 24.0. The van der Waals surface area contributed by atoms with Gasteiger partial charge in [-0.05, 0) is 42.3 Å². The van der Waals surface area contributed by atoms with E-state index < -0.39 is 43.1 Å². The number of hydrogen-bond donors (Lipinski definition) is 2. The van der Waals surface area contributed by atoms with E-state index in [0.29, 0.717) is 33.6 Å². The maximum absolute atomic E-state index is 12.2. The van der Waals surface area contributed by atoms with Crippen LogP contribution in [-0.4, -0.2) is 44.6 Å². The van der Waals surface area contributed by atoms with Gasteiger partial charge in [0.2, 0.25) is 5.91 Å². The Balaban J connectivity index is 1.74. The Morgan fingerprint density at radius 3 is 2.36 bits per heavy atom. The number of carboxylic acids is 1. The predicted molar refractivity (Wildman–Crippen MR) is 116 cm³/mol. The second-order valence-electron chi connectivity index (χ2n) is 6.99. The van der Waals surface area contributed by atoms with Crippen LogP contribution in [0.5, 0.6) is 11.5 Å². The smallest absolute Gasteiger partial charge is 0.336 e. The Morgan fingerprint density at radius 2 is 1.70 bits per heavy atom. The number of ether oxygens (including phenoxy) is 2. The summed E-state index contributed by atoms with van der Waals surface area (Å²) in [7, 11) is 1.57. The van der Waals surface area contributed by atoms with Gasteiger partial charge >= 0.3 is 5.63 Å². The summed E-state index contributed by atoms with van der Waals surface area (Å²) in [5.74, 6) is -1.69. The van der Waals surface area contributed by atoms with Crippen LogP contribution in [0.1, 0.15) is 5.56 Å². The number of aryl methyl sites for hydroxylation is 1. The summed E-state index contributed by atoms with van der Waals surface area (Å²) >= 11 is 0. The van der Waals surface area contributed by atoms with Gasteiger partial charge in [0, 0.05) is 17.0 Å². The van der Waals surface area contributed by atoms with Crippen LogP contribution in [0.25, 0.3) is 22.1 Å². The highest BCUT2D eigenvalue weighted by molar-refractivity contribution is 5.95. The van der Waals surface area contributed by atoms with Crippen LogP contribution < -0.4 is 30.8 Å². The summed E-state index contributed by atoms with van der Waals surface area (Å²) in [6.45, 7) is 0.240. The van der Waals surface area contributed by atoms with E-state index in [9.17, 15) is 24.3 Å². The lowest BCUT2D eigenvalue weighted by Crippen LogP contribution is -2.43. The average molecular weight is 453 g/mol. The number of fused-ring (bicyclic) bond motifs is 1. The summed E-state index contributed by atoms with van der Waals surface area (Å²) in [5.41, 5.74) is 1.80. The molecule has 2 aromatic carbocycles. The molecule has 0 aliphatic carbocycles. The fourth-order valence-electron chi connectivity index (χ4n) is 3.12. The number of aliphatic carboxylic acids is 1. The van der Waals surface area contributed by atoms with Gasteiger partial charge in [-0.25, -0.2) is 4.79 Å². The zero-order valence-electron chi connectivity index (χ0n) is 17.9. The summed E-state index contributed by atoms with van der Waals surface area (Å²) in [4.78, 5) is 45.9. The van der Waals surface area contributed by atoms with Crippen LogP contribution in [0, 0.1) is 6.92 Å². The molecule has 0 radical (unpaired) electrons. The topological polar surface area (TPSA) is 147 Å². The van der Waals surface area contributed by atoms with Gasteiger partial charge in [0.1, 0.15) is 17.1 Å². The lowest BCUT2D eigenvalue weighted by Gasteiger charge is -2.13. The molecule has 3 rings (SSSR count). The monoisotopic (exact) mass is 453 g/mol. The summed E-state index contributed by atoms with van der Waals surface area (Å²) in [6.07, 6.45) is 0. The first kappa shape index (κ1) is 23.3. The average Bonchev–Trinajstić information content (AvgIpc) is 2.81. The van der Waals surface area contributed by atoms with Crippen molar-refractivity contribution in [1.82, 2.24) is 10.6 Å². The molecule has 1 heterocycles. The standard InChI is InChI=1S/C23H22N2O8/c1-13-18(32-12-20(27)24-10-19(26)25-11-21(28)29)8-7-16-17(9-22(30)33-23(13)16)14-3-5-15(31-2)6-4-14/h3-9H,10-12H2,1-2H3,(H,24,27)(H,25,26)(H,28,29)/p-1. The quantitative estimate of drug-likeness (QED) is 0.435. The Hall–Kier alpha value is -4.34. The first-order chi connectivity index (χ1) is 15.8. The van der Waals surface area contributed by atoms with Crippen LogP contribution in [0.3, 0.4) is 0 Å². The van der Waals surface area contributed by atoms with Gasteiger partial charge in [0.05, 0.1) is 26.2 Å². The zero-order valence-corrected chi connectivity index (χ0v) is 17.9. The van der Waals surface area contributed by atoms with Crippen molar-refractivity contribution < 1.29 is 33.4 Å². The lowest BCUT2D eigenvalue weighted by molar-refractivity contribution is -0.304. The van der Waals surface area contributed by atoms with E-state index >= 15 is 0 Å². The van der Waals surface area contributed by atoms with E-state index in [0.717, 1.165) is 5.56 Å². The van der Waals surface area contributed by atoms with Gasteiger partial charge < -0.3 is 34.4 Å². The number of amides is 2. The van der Waals surface area contributed by atoms with Gasteiger partial charge in [-0.15, -0.1) is 0 Å².